The first-order valence-electron chi connectivity index (χ1n) is 8.98. The van der Waals surface area contributed by atoms with Crippen LogP contribution >= 0.6 is 23.2 Å². The van der Waals surface area contributed by atoms with Crippen molar-refractivity contribution in [3.8, 4) is 11.3 Å². The van der Waals surface area contributed by atoms with Gasteiger partial charge in [0, 0.05) is 30.4 Å². The van der Waals surface area contributed by atoms with Gasteiger partial charge in [-0.15, -0.1) is 0 Å². The molecule has 0 bridgehead atoms. The maximum atomic E-state index is 12.5. The molecule has 0 spiro atoms. The molecule has 0 aliphatic carbocycles. The molecule has 29 heavy (non-hydrogen) atoms. The Morgan fingerprint density at radius 1 is 1.38 bits per heavy atom. The van der Waals surface area contributed by atoms with E-state index in [2.05, 4.69) is 20.2 Å². The molecule has 152 valence electrons. The molecule has 1 aliphatic heterocycles. The number of aromatic nitrogens is 4. The number of anilines is 1. The van der Waals surface area contributed by atoms with Gasteiger partial charge in [-0.25, -0.2) is 15.4 Å². The Bertz CT molecular complexity index is 1090. The van der Waals surface area contributed by atoms with Crippen LogP contribution in [0.3, 0.4) is 0 Å². The van der Waals surface area contributed by atoms with Gasteiger partial charge in [0.25, 0.3) is 5.91 Å². The van der Waals surface area contributed by atoms with Gasteiger partial charge >= 0.3 is 0 Å². The van der Waals surface area contributed by atoms with E-state index in [0.29, 0.717) is 41.2 Å². The molecule has 11 heteroatoms. The number of amides is 1. The number of piperidine rings is 1. The molecule has 0 aromatic carbocycles. The van der Waals surface area contributed by atoms with Crippen LogP contribution in [0.1, 0.15) is 30.1 Å². The zero-order chi connectivity index (χ0) is 20.8. The van der Waals surface area contributed by atoms with Crippen molar-refractivity contribution < 1.29 is 10.0 Å². The largest absolute Gasteiger partial charge is 0.356 e. The van der Waals surface area contributed by atoms with Crippen molar-refractivity contribution in [3.63, 3.8) is 0 Å². The molecule has 5 N–H and O–H groups in total. The number of halogens is 2. The molecule has 0 radical (unpaired) electrons. The van der Waals surface area contributed by atoms with Crippen LogP contribution in [-0.2, 0) is 0 Å². The zero-order valence-corrected chi connectivity index (χ0v) is 17.0. The summed E-state index contributed by atoms with van der Waals surface area (Å²) >= 11 is 12.3. The molecule has 1 aliphatic rings. The summed E-state index contributed by atoms with van der Waals surface area (Å²) < 4.78 is 0. The molecule has 0 atom stereocenters. The third-order valence-corrected chi connectivity index (χ3v) is 5.97. The number of hydrogen-bond donors (Lipinski definition) is 4. The number of nitrogens with zero attached hydrogens (tertiary/aromatic N) is 4. The first-order valence-corrected chi connectivity index (χ1v) is 9.74. The van der Waals surface area contributed by atoms with E-state index in [-0.39, 0.29) is 21.3 Å². The molecule has 1 saturated heterocycles. The van der Waals surface area contributed by atoms with Gasteiger partial charge in [0.2, 0.25) is 0 Å². The Labute approximate surface area is 176 Å². The Morgan fingerprint density at radius 3 is 2.79 bits per heavy atom. The summed E-state index contributed by atoms with van der Waals surface area (Å²) in [4.78, 5) is 23.1. The third-order valence-electron chi connectivity index (χ3n) is 5.20. The second-order valence-electron chi connectivity index (χ2n) is 7.37. The van der Waals surface area contributed by atoms with E-state index in [1.807, 2.05) is 11.8 Å². The molecule has 4 rings (SSSR count). The average molecular weight is 436 g/mol. The van der Waals surface area contributed by atoms with Gasteiger partial charge in [-0.2, -0.15) is 5.10 Å². The second kappa shape index (κ2) is 7.42. The highest BCUT2D eigenvalue weighted by molar-refractivity contribution is 6.43. The molecule has 4 heterocycles. The summed E-state index contributed by atoms with van der Waals surface area (Å²) in [5.74, 6) is -0.0956. The summed E-state index contributed by atoms with van der Waals surface area (Å²) in [7, 11) is 0. The fourth-order valence-corrected chi connectivity index (χ4v) is 3.83. The van der Waals surface area contributed by atoms with Crippen molar-refractivity contribution in [2.24, 2.45) is 5.73 Å². The lowest BCUT2D eigenvalue weighted by atomic mass is 9.91. The number of aromatic amines is 1. The summed E-state index contributed by atoms with van der Waals surface area (Å²) in [6, 6.07) is 3.28. The van der Waals surface area contributed by atoms with Crippen molar-refractivity contribution in [2.75, 3.05) is 18.0 Å². The Hall–Kier alpha value is -2.46. The van der Waals surface area contributed by atoms with Crippen LogP contribution in [0.5, 0.6) is 0 Å². The molecule has 3 aromatic rings. The van der Waals surface area contributed by atoms with Crippen LogP contribution in [0.2, 0.25) is 10.2 Å². The van der Waals surface area contributed by atoms with Crippen molar-refractivity contribution >= 4 is 46.0 Å². The van der Waals surface area contributed by atoms with E-state index in [1.165, 1.54) is 6.20 Å². The summed E-state index contributed by atoms with van der Waals surface area (Å²) in [6.45, 7) is 3.43. The van der Waals surface area contributed by atoms with Crippen molar-refractivity contribution in [1.29, 1.82) is 0 Å². The fraction of sp³-hybridized carbons (Fsp3) is 0.333. The molecule has 0 saturated carbocycles. The van der Waals surface area contributed by atoms with Gasteiger partial charge in [-0.05, 0) is 31.9 Å². The summed E-state index contributed by atoms with van der Waals surface area (Å²) in [5.41, 5.74) is 9.20. The number of rotatable bonds is 3. The average Bonchev–Trinajstić information content (AvgIpc) is 3.12. The zero-order valence-electron chi connectivity index (χ0n) is 15.5. The molecule has 9 nitrogen and oxygen atoms in total. The smallest absolute Gasteiger partial charge is 0.275 e. The number of pyridine rings is 2. The minimum Gasteiger partial charge on any atom is -0.356 e. The van der Waals surface area contributed by atoms with Crippen molar-refractivity contribution in [1.82, 2.24) is 25.6 Å². The second-order valence-corrected chi connectivity index (χ2v) is 8.11. The fourth-order valence-electron chi connectivity index (χ4n) is 3.46. The predicted octanol–water partition coefficient (Wildman–Crippen LogP) is 2.76. The lowest BCUT2D eigenvalue weighted by molar-refractivity contribution is 0.0708. The van der Waals surface area contributed by atoms with E-state index >= 15 is 0 Å². The van der Waals surface area contributed by atoms with E-state index in [4.69, 9.17) is 28.9 Å². The predicted molar refractivity (Wildman–Crippen MR) is 110 cm³/mol. The molecular weight excluding hydrogens is 417 g/mol. The molecule has 1 amide bonds. The number of H-pyrrole nitrogens is 1. The van der Waals surface area contributed by atoms with Crippen molar-refractivity contribution in [2.45, 2.75) is 25.3 Å². The Kier molecular flexibility index (Phi) is 5.07. The number of nitrogens with one attached hydrogen (secondary N) is 2. The van der Waals surface area contributed by atoms with E-state index < -0.39 is 5.91 Å². The normalized spacial score (nSPS) is 16.2. The van der Waals surface area contributed by atoms with Gasteiger partial charge in [0.15, 0.2) is 5.65 Å². The number of carbonyl (C=O) groups excluding carboxylic acids is 1. The standard InChI is InChI=1S/C18H19Cl2N7O2/c1-18(21)3-6-27(7-4-18)11-8-10(17(28)26-29)12-14(24-25-16(12)23-11)9-2-5-22-15(20)13(9)19/h2,5,8,29H,3-4,6-7,21H2,1H3,(H,26,28)(H,23,24,25). The number of fused-ring (bicyclic) bond motifs is 1. The van der Waals surface area contributed by atoms with E-state index in [0.717, 1.165) is 12.8 Å². The summed E-state index contributed by atoms with van der Waals surface area (Å²) in [5, 5.41) is 17.2. The first kappa shape index (κ1) is 19.8. The third kappa shape index (κ3) is 3.62. The highest BCUT2D eigenvalue weighted by Crippen LogP contribution is 2.37. The van der Waals surface area contributed by atoms with Gasteiger partial charge in [0.1, 0.15) is 11.0 Å². The van der Waals surface area contributed by atoms with E-state index in [9.17, 15) is 10.0 Å². The summed E-state index contributed by atoms with van der Waals surface area (Å²) in [6.07, 6.45) is 3.09. The number of hydrogen-bond acceptors (Lipinski definition) is 7. The van der Waals surface area contributed by atoms with Gasteiger partial charge < -0.3 is 10.6 Å². The lowest BCUT2D eigenvalue weighted by Crippen LogP contribution is -2.48. The monoisotopic (exact) mass is 435 g/mol. The minimum atomic E-state index is -0.682. The number of carbonyl (C=O) groups is 1. The highest BCUT2D eigenvalue weighted by atomic mass is 35.5. The highest BCUT2D eigenvalue weighted by Gasteiger charge is 2.28. The molecular formula is C18H19Cl2N7O2. The molecule has 3 aromatic heterocycles. The van der Waals surface area contributed by atoms with Gasteiger partial charge in [0.05, 0.1) is 21.7 Å². The van der Waals surface area contributed by atoms with Crippen LogP contribution in [-0.4, -0.2) is 49.9 Å². The maximum Gasteiger partial charge on any atom is 0.275 e. The maximum absolute atomic E-state index is 12.5. The topological polar surface area (TPSA) is 133 Å². The number of nitrogens with two attached hydrogens (primary N) is 1. The Balaban J connectivity index is 1.86. The molecule has 0 unspecified atom stereocenters. The molecule has 1 fully saturated rings. The lowest BCUT2D eigenvalue weighted by Gasteiger charge is -2.37. The van der Waals surface area contributed by atoms with Gasteiger partial charge in [-0.3, -0.25) is 15.1 Å². The number of hydroxylamine groups is 1. The van der Waals surface area contributed by atoms with Crippen molar-refractivity contribution in [3.05, 3.63) is 34.1 Å². The van der Waals surface area contributed by atoms with Crippen LogP contribution in [0.25, 0.3) is 22.3 Å². The minimum absolute atomic E-state index is 0.128. The van der Waals surface area contributed by atoms with Crippen LogP contribution in [0, 0.1) is 0 Å². The van der Waals surface area contributed by atoms with Gasteiger partial charge in [-0.1, -0.05) is 23.2 Å². The Morgan fingerprint density at radius 2 is 2.10 bits per heavy atom. The SMILES string of the molecule is CC1(N)CCN(c2cc(C(=O)NO)c3c(-c4ccnc(Cl)c4Cl)[nH]nc3n2)CC1. The van der Waals surface area contributed by atoms with Crippen LogP contribution in [0.4, 0.5) is 5.82 Å². The van der Waals surface area contributed by atoms with E-state index in [1.54, 1.807) is 17.6 Å². The first-order chi connectivity index (χ1) is 13.8. The van der Waals surface area contributed by atoms with Crippen LogP contribution < -0.4 is 16.1 Å². The quantitative estimate of drug-likeness (QED) is 0.282. The van der Waals surface area contributed by atoms with Crippen LogP contribution in [0.15, 0.2) is 18.3 Å².